The standard InChI is InChI=1S/C27H46O.C4H8O2/c1-18(2)7-6-8-19(3)23-11-12-24-22-10-9-20-17-21(28)13-15-26(20,4)25(22)14-16-27(23,24)5;1-3(2)4(5)6/h9,18-19,21-25,28H,6-8,10-17H2,1-5H3;3H,1-2H3,(H,5,6)/t19-,21+,22+,23-,24+,25+,26+,27-;/m1./s1. The average Bonchev–Trinajstić information content (AvgIpc) is 3.11. The van der Waals surface area contributed by atoms with Crippen molar-refractivity contribution in [1.82, 2.24) is 0 Å². The van der Waals surface area contributed by atoms with E-state index in [2.05, 4.69) is 40.7 Å². The van der Waals surface area contributed by atoms with Crippen LogP contribution in [0.5, 0.6) is 0 Å². The van der Waals surface area contributed by atoms with Gasteiger partial charge in [0.1, 0.15) is 0 Å². The molecule has 0 aromatic rings. The lowest BCUT2D eigenvalue weighted by Crippen LogP contribution is -2.50. The molecule has 0 amide bonds. The first-order valence-corrected chi connectivity index (χ1v) is 14.5. The summed E-state index contributed by atoms with van der Waals surface area (Å²) < 4.78 is 0. The normalized spacial score (nSPS) is 39.9. The summed E-state index contributed by atoms with van der Waals surface area (Å²) in [7, 11) is 0. The summed E-state index contributed by atoms with van der Waals surface area (Å²) in [6, 6.07) is 0. The van der Waals surface area contributed by atoms with Crippen LogP contribution in [-0.2, 0) is 4.79 Å². The maximum Gasteiger partial charge on any atom is 0.305 e. The number of hydrogen-bond donors (Lipinski definition) is 2. The second kappa shape index (κ2) is 11.1. The van der Waals surface area contributed by atoms with Gasteiger partial charge >= 0.3 is 5.97 Å². The molecule has 0 spiro atoms. The minimum absolute atomic E-state index is 0.0766. The minimum atomic E-state index is -0.741. The van der Waals surface area contributed by atoms with Crippen molar-refractivity contribution in [2.75, 3.05) is 0 Å². The maximum atomic E-state index is 10.2. The zero-order valence-electron chi connectivity index (χ0n) is 23.3. The zero-order valence-corrected chi connectivity index (χ0v) is 23.3. The number of fused-ring (bicyclic) bond motifs is 5. The number of aliphatic hydroxyl groups excluding tert-OH is 1. The number of aliphatic carboxylic acids is 1. The van der Waals surface area contributed by atoms with Gasteiger partial charge in [0, 0.05) is 0 Å². The van der Waals surface area contributed by atoms with Crippen molar-refractivity contribution in [1.29, 1.82) is 0 Å². The van der Waals surface area contributed by atoms with E-state index in [1.165, 1.54) is 57.8 Å². The van der Waals surface area contributed by atoms with Gasteiger partial charge in [-0.05, 0) is 97.7 Å². The van der Waals surface area contributed by atoms with Crippen molar-refractivity contribution in [2.24, 2.45) is 52.3 Å². The third-order valence-electron chi connectivity index (χ3n) is 10.8. The van der Waals surface area contributed by atoms with Crippen LogP contribution in [0.15, 0.2) is 11.6 Å². The largest absolute Gasteiger partial charge is 0.481 e. The number of carboxylic acids is 1. The van der Waals surface area contributed by atoms with Gasteiger partial charge in [0.15, 0.2) is 0 Å². The van der Waals surface area contributed by atoms with Crippen molar-refractivity contribution in [3.8, 4) is 0 Å². The molecular weight excluding hydrogens is 420 g/mol. The molecule has 0 heterocycles. The number of rotatable bonds is 6. The Bertz CT molecular complexity index is 724. The number of allylic oxidation sites excluding steroid dienone is 1. The third-order valence-corrected chi connectivity index (χ3v) is 10.8. The summed E-state index contributed by atoms with van der Waals surface area (Å²) in [6.07, 6.45) is 17.2. The van der Waals surface area contributed by atoms with E-state index < -0.39 is 5.97 Å². The van der Waals surface area contributed by atoms with Crippen LogP contribution in [0, 0.1) is 52.3 Å². The summed E-state index contributed by atoms with van der Waals surface area (Å²) in [5.41, 5.74) is 2.60. The number of hydrogen-bond acceptors (Lipinski definition) is 2. The lowest BCUT2D eigenvalue weighted by Gasteiger charge is -2.58. The highest BCUT2D eigenvalue weighted by Crippen LogP contribution is 2.67. The van der Waals surface area contributed by atoms with E-state index >= 15 is 0 Å². The third kappa shape index (κ3) is 5.60. The maximum absolute atomic E-state index is 10.2. The molecule has 0 aromatic heterocycles. The summed E-state index contributed by atoms with van der Waals surface area (Å²) in [6.45, 7) is 15.9. The van der Waals surface area contributed by atoms with Crippen molar-refractivity contribution in [3.05, 3.63) is 11.6 Å². The molecule has 0 saturated heterocycles. The van der Waals surface area contributed by atoms with Gasteiger partial charge in [-0.2, -0.15) is 0 Å². The van der Waals surface area contributed by atoms with E-state index in [1.54, 1.807) is 19.4 Å². The lowest BCUT2D eigenvalue weighted by atomic mass is 9.47. The average molecular weight is 475 g/mol. The van der Waals surface area contributed by atoms with Crippen LogP contribution in [0.25, 0.3) is 0 Å². The van der Waals surface area contributed by atoms with Crippen LogP contribution in [-0.4, -0.2) is 22.3 Å². The van der Waals surface area contributed by atoms with Crippen molar-refractivity contribution >= 4 is 5.97 Å². The molecule has 0 bridgehead atoms. The lowest BCUT2D eigenvalue weighted by molar-refractivity contribution is -0.140. The van der Waals surface area contributed by atoms with Gasteiger partial charge < -0.3 is 10.2 Å². The highest BCUT2D eigenvalue weighted by atomic mass is 16.4. The first-order valence-electron chi connectivity index (χ1n) is 14.5. The Kier molecular flexibility index (Phi) is 9.02. The first kappa shape index (κ1) is 27.8. The second-order valence-corrected chi connectivity index (χ2v) is 13.7. The SMILES string of the molecule is CC(C)C(=O)O.CC(C)CCC[C@@H](C)[C@H]1CC[C@H]2[C@@H]3CC=C4C[C@@H](O)CC[C@]4(C)[C@H]3CC[C@]12C. The summed E-state index contributed by atoms with van der Waals surface area (Å²) >= 11 is 0. The van der Waals surface area contributed by atoms with Gasteiger partial charge in [-0.3, -0.25) is 4.79 Å². The summed E-state index contributed by atoms with van der Waals surface area (Å²) in [5, 5.41) is 18.2. The van der Waals surface area contributed by atoms with E-state index in [9.17, 15) is 9.90 Å². The van der Waals surface area contributed by atoms with Crippen molar-refractivity contribution < 1.29 is 15.0 Å². The van der Waals surface area contributed by atoms with Crippen LogP contribution >= 0.6 is 0 Å². The van der Waals surface area contributed by atoms with E-state index in [1.807, 2.05) is 0 Å². The minimum Gasteiger partial charge on any atom is -0.481 e. The number of carbonyl (C=O) groups is 1. The van der Waals surface area contributed by atoms with Crippen LogP contribution in [0.1, 0.15) is 119 Å². The number of aliphatic hydroxyl groups is 1. The van der Waals surface area contributed by atoms with Gasteiger partial charge in [-0.15, -0.1) is 0 Å². The molecule has 3 saturated carbocycles. The second-order valence-electron chi connectivity index (χ2n) is 13.7. The Balaban J connectivity index is 0.000000481. The molecule has 0 aromatic carbocycles. The summed E-state index contributed by atoms with van der Waals surface area (Å²) in [4.78, 5) is 9.70. The molecular formula is C31H54O3. The molecule has 196 valence electrons. The van der Waals surface area contributed by atoms with Gasteiger partial charge in [0.2, 0.25) is 0 Å². The Morgan fingerprint density at radius 3 is 2.29 bits per heavy atom. The molecule has 4 aliphatic rings. The predicted octanol–water partition coefficient (Wildman–Crippen LogP) is 8.12. The van der Waals surface area contributed by atoms with Gasteiger partial charge in [-0.1, -0.05) is 79.4 Å². The molecule has 3 heteroatoms. The smallest absolute Gasteiger partial charge is 0.305 e. The fourth-order valence-electron chi connectivity index (χ4n) is 8.67. The van der Waals surface area contributed by atoms with Gasteiger partial charge in [0.25, 0.3) is 0 Å². The zero-order chi connectivity index (χ0) is 25.3. The molecule has 0 unspecified atom stereocenters. The van der Waals surface area contributed by atoms with Gasteiger partial charge in [-0.25, -0.2) is 0 Å². The van der Waals surface area contributed by atoms with Crippen LogP contribution < -0.4 is 0 Å². The Hall–Kier alpha value is -0.830. The Morgan fingerprint density at radius 2 is 1.68 bits per heavy atom. The van der Waals surface area contributed by atoms with Crippen molar-refractivity contribution in [2.45, 2.75) is 125 Å². The summed E-state index contributed by atoms with van der Waals surface area (Å²) in [5.74, 6) is 4.49. The molecule has 3 nitrogen and oxygen atoms in total. The van der Waals surface area contributed by atoms with Gasteiger partial charge in [0.05, 0.1) is 12.0 Å². The fourth-order valence-corrected chi connectivity index (χ4v) is 8.67. The molecule has 4 rings (SSSR count). The molecule has 4 aliphatic carbocycles. The van der Waals surface area contributed by atoms with E-state index in [4.69, 9.17) is 5.11 Å². The topological polar surface area (TPSA) is 57.5 Å². The molecule has 0 radical (unpaired) electrons. The molecule has 3 fully saturated rings. The van der Waals surface area contributed by atoms with Crippen LogP contribution in [0.4, 0.5) is 0 Å². The molecule has 0 aliphatic heterocycles. The predicted molar refractivity (Wildman–Crippen MR) is 142 cm³/mol. The Labute approximate surface area is 210 Å². The molecule has 2 N–H and O–H groups in total. The van der Waals surface area contributed by atoms with E-state index in [-0.39, 0.29) is 12.0 Å². The Morgan fingerprint density at radius 1 is 1.00 bits per heavy atom. The molecule has 34 heavy (non-hydrogen) atoms. The highest BCUT2D eigenvalue weighted by Gasteiger charge is 2.59. The van der Waals surface area contributed by atoms with Crippen LogP contribution in [0.3, 0.4) is 0 Å². The van der Waals surface area contributed by atoms with Crippen LogP contribution in [0.2, 0.25) is 0 Å². The molecule has 8 atom stereocenters. The monoisotopic (exact) mass is 474 g/mol. The van der Waals surface area contributed by atoms with E-state index in [0.29, 0.717) is 10.8 Å². The highest BCUT2D eigenvalue weighted by molar-refractivity contribution is 5.68. The van der Waals surface area contributed by atoms with E-state index in [0.717, 1.165) is 48.3 Å². The fraction of sp³-hybridized carbons (Fsp3) is 0.903. The van der Waals surface area contributed by atoms with Crippen molar-refractivity contribution in [3.63, 3.8) is 0 Å². The quantitative estimate of drug-likeness (QED) is 0.382. The first-order chi connectivity index (χ1) is 15.9. The number of carboxylic acid groups (broad SMARTS) is 1.